The Bertz CT molecular complexity index is 538. The van der Waals surface area contributed by atoms with Crippen LogP contribution in [0.4, 0.5) is 0 Å². The van der Waals surface area contributed by atoms with Crippen LogP contribution in [-0.4, -0.2) is 46.0 Å². The molecule has 4 amide bonds. The molecule has 2 aliphatic heterocycles. The topological polar surface area (TPSA) is 74.8 Å². The molecule has 0 bridgehead atoms. The Labute approximate surface area is 142 Å². The number of carbonyl (C=O) groups is 4. The minimum Gasteiger partial charge on any atom is -0.275 e. The average Bonchev–Trinajstić information content (AvgIpc) is 3.09. The van der Waals surface area contributed by atoms with Crippen LogP contribution in [0.5, 0.6) is 0 Å². The van der Waals surface area contributed by atoms with E-state index in [0.717, 1.165) is 38.5 Å². The second-order valence-corrected chi connectivity index (χ2v) is 6.19. The van der Waals surface area contributed by atoms with E-state index in [-0.39, 0.29) is 29.7 Å². The number of unbranched alkanes of at least 4 members (excludes halogenated alkanes) is 1. The smallest absolute Gasteiger partial charge is 0.253 e. The first-order valence-electron chi connectivity index (χ1n) is 8.63. The van der Waals surface area contributed by atoms with Crippen LogP contribution in [-0.2, 0) is 19.2 Å². The van der Waals surface area contributed by atoms with Crippen molar-refractivity contribution in [3.63, 3.8) is 0 Å². The van der Waals surface area contributed by atoms with Crippen molar-refractivity contribution in [3.05, 3.63) is 24.3 Å². The molecule has 0 N–H and O–H groups in total. The summed E-state index contributed by atoms with van der Waals surface area (Å²) in [5.74, 6) is -0.610. The van der Waals surface area contributed by atoms with Crippen molar-refractivity contribution in [2.24, 2.45) is 0 Å². The number of hydrogen-bond donors (Lipinski definition) is 0. The predicted octanol–water partition coefficient (Wildman–Crippen LogP) is 1.96. The van der Waals surface area contributed by atoms with Crippen LogP contribution in [0.2, 0.25) is 0 Å². The van der Waals surface area contributed by atoms with E-state index in [2.05, 4.69) is 0 Å². The minimum atomic E-state index is -0.177. The Morgan fingerprint density at radius 3 is 1.83 bits per heavy atom. The zero-order chi connectivity index (χ0) is 17.5. The molecule has 0 aromatic rings. The predicted molar refractivity (Wildman–Crippen MR) is 88.6 cm³/mol. The van der Waals surface area contributed by atoms with Crippen molar-refractivity contribution in [2.45, 2.75) is 57.9 Å². The van der Waals surface area contributed by atoms with Crippen LogP contribution in [0.15, 0.2) is 24.3 Å². The fraction of sp³-hybridized carbons (Fsp3) is 0.556. The molecule has 6 heteroatoms. The summed E-state index contributed by atoms with van der Waals surface area (Å²) in [5.41, 5.74) is 0. The Hall–Kier alpha value is -2.24. The molecule has 0 aromatic heterocycles. The summed E-state index contributed by atoms with van der Waals surface area (Å²) in [5, 5.41) is 0. The van der Waals surface area contributed by atoms with Crippen molar-refractivity contribution in [2.75, 3.05) is 6.54 Å². The van der Waals surface area contributed by atoms with Gasteiger partial charge in [-0.05, 0) is 19.3 Å². The monoisotopic (exact) mass is 332 g/mol. The molecule has 3 aliphatic rings. The summed E-state index contributed by atoms with van der Waals surface area (Å²) < 4.78 is 0. The van der Waals surface area contributed by atoms with E-state index in [9.17, 15) is 19.2 Å². The maximum Gasteiger partial charge on any atom is 0.253 e. The number of amides is 4. The summed E-state index contributed by atoms with van der Waals surface area (Å²) in [6, 6.07) is 0.170. The van der Waals surface area contributed by atoms with Gasteiger partial charge in [0.15, 0.2) is 0 Å². The normalized spacial score (nSPS) is 20.9. The van der Waals surface area contributed by atoms with Gasteiger partial charge in [-0.2, -0.15) is 0 Å². The van der Waals surface area contributed by atoms with E-state index in [0.29, 0.717) is 6.54 Å². The highest BCUT2D eigenvalue weighted by atomic mass is 16.2. The third-order valence-electron chi connectivity index (χ3n) is 4.42. The molecular formula is C18H24N2O4. The lowest BCUT2D eigenvalue weighted by Gasteiger charge is -2.29. The Morgan fingerprint density at radius 2 is 1.33 bits per heavy atom. The van der Waals surface area contributed by atoms with E-state index in [1.807, 2.05) is 6.92 Å². The van der Waals surface area contributed by atoms with Gasteiger partial charge in [-0.3, -0.25) is 29.0 Å². The van der Waals surface area contributed by atoms with E-state index in [4.69, 9.17) is 0 Å². The summed E-state index contributed by atoms with van der Waals surface area (Å²) in [6.45, 7) is 2.58. The lowest BCUT2D eigenvalue weighted by Crippen LogP contribution is -2.41. The number of carbonyl (C=O) groups excluding carboxylic acids is 4. The molecule has 0 saturated heterocycles. The number of nitrogens with zero attached hydrogens (tertiary/aromatic N) is 2. The molecule has 3 rings (SSSR count). The molecule has 0 atom stereocenters. The van der Waals surface area contributed by atoms with Gasteiger partial charge in [0, 0.05) is 36.9 Å². The molecule has 0 aromatic carbocycles. The number of hydrogen-bond acceptors (Lipinski definition) is 4. The lowest BCUT2D eigenvalue weighted by atomic mass is 9.94. The first kappa shape index (κ1) is 18.1. The Morgan fingerprint density at radius 1 is 0.833 bits per heavy atom. The highest BCUT2D eigenvalue weighted by Gasteiger charge is 2.31. The van der Waals surface area contributed by atoms with E-state index in [1.54, 1.807) is 0 Å². The van der Waals surface area contributed by atoms with Gasteiger partial charge < -0.3 is 0 Å². The molecule has 1 fully saturated rings. The zero-order valence-electron chi connectivity index (χ0n) is 14.1. The third kappa shape index (κ3) is 4.40. The Balaban J connectivity index is 0.000000177. The summed E-state index contributed by atoms with van der Waals surface area (Å²) in [6.07, 6.45) is 12.8. The number of rotatable bonds is 4. The van der Waals surface area contributed by atoms with Gasteiger partial charge in [-0.25, -0.2) is 0 Å². The highest BCUT2D eigenvalue weighted by molar-refractivity contribution is 6.13. The molecule has 0 spiro atoms. The average molecular weight is 332 g/mol. The molecule has 24 heavy (non-hydrogen) atoms. The SMILES string of the molecule is CCCCN1C(=O)C=CC1=O.O=C1C=CC(=O)N1C1CCCCC1. The molecule has 1 aliphatic carbocycles. The second kappa shape index (κ2) is 8.57. The fourth-order valence-electron chi connectivity index (χ4n) is 3.08. The summed E-state index contributed by atoms with van der Waals surface area (Å²) in [7, 11) is 0. The van der Waals surface area contributed by atoms with Crippen LogP contribution in [0.25, 0.3) is 0 Å². The molecular weight excluding hydrogens is 308 g/mol. The van der Waals surface area contributed by atoms with Crippen LogP contribution in [0, 0.1) is 0 Å². The third-order valence-corrected chi connectivity index (χ3v) is 4.42. The standard InChI is InChI=1S/C10H13NO2.C8H11NO2/c12-9-6-7-10(13)11(9)8-4-2-1-3-5-8;1-2-3-6-9-7(10)4-5-8(9)11/h6-8H,1-5H2;4-5H,2-3,6H2,1H3. The van der Waals surface area contributed by atoms with Gasteiger partial charge in [-0.15, -0.1) is 0 Å². The molecule has 130 valence electrons. The molecule has 0 radical (unpaired) electrons. The second-order valence-electron chi connectivity index (χ2n) is 6.19. The summed E-state index contributed by atoms with van der Waals surface area (Å²) >= 11 is 0. The minimum absolute atomic E-state index is 0.128. The maximum atomic E-state index is 11.3. The van der Waals surface area contributed by atoms with Crippen LogP contribution >= 0.6 is 0 Å². The van der Waals surface area contributed by atoms with Gasteiger partial charge in [-0.1, -0.05) is 32.6 Å². The largest absolute Gasteiger partial charge is 0.275 e. The van der Waals surface area contributed by atoms with Gasteiger partial charge in [0.2, 0.25) is 0 Å². The van der Waals surface area contributed by atoms with Gasteiger partial charge in [0.05, 0.1) is 0 Å². The van der Waals surface area contributed by atoms with Gasteiger partial charge in [0.25, 0.3) is 23.6 Å². The lowest BCUT2D eigenvalue weighted by molar-refractivity contribution is -0.140. The van der Waals surface area contributed by atoms with Crippen molar-refractivity contribution >= 4 is 23.6 Å². The summed E-state index contributed by atoms with van der Waals surface area (Å²) in [4.78, 5) is 47.1. The van der Waals surface area contributed by atoms with Gasteiger partial charge >= 0.3 is 0 Å². The fourth-order valence-corrected chi connectivity index (χ4v) is 3.08. The first-order chi connectivity index (χ1) is 11.5. The quantitative estimate of drug-likeness (QED) is 0.738. The molecule has 2 heterocycles. The first-order valence-corrected chi connectivity index (χ1v) is 8.63. The molecule has 6 nitrogen and oxygen atoms in total. The number of imide groups is 2. The van der Waals surface area contributed by atoms with Crippen molar-refractivity contribution in [3.8, 4) is 0 Å². The van der Waals surface area contributed by atoms with Crippen LogP contribution in [0.3, 0.4) is 0 Å². The van der Waals surface area contributed by atoms with Crippen molar-refractivity contribution in [1.82, 2.24) is 9.80 Å². The van der Waals surface area contributed by atoms with Crippen molar-refractivity contribution < 1.29 is 19.2 Å². The maximum absolute atomic E-state index is 11.3. The van der Waals surface area contributed by atoms with Crippen LogP contribution < -0.4 is 0 Å². The van der Waals surface area contributed by atoms with E-state index in [1.165, 1.54) is 40.5 Å². The van der Waals surface area contributed by atoms with E-state index < -0.39 is 0 Å². The molecule has 0 unspecified atom stereocenters. The van der Waals surface area contributed by atoms with Crippen LogP contribution in [0.1, 0.15) is 51.9 Å². The van der Waals surface area contributed by atoms with E-state index >= 15 is 0 Å². The Kier molecular flexibility index (Phi) is 6.46. The zero-order valence-corrected chi connectivity index (χ0v) is 14.1. The molecule has 1 saturated carbocycles. The van der Waals surface area contributed by atoms with Crippen molar-refractivity contribution in [1.29, 1.82) is 0 Å². The highest BCUT2D eigenvalue weighted by Crippen LogP contribution is 2.24. The van der Waals surface area contributed by atoms with Gasteiger partial charge in [0.1, 0.15) is 0 Å².